The van der Waals surface area contributed by atoms with Gasteiger partial charge in [-0.2, -0.15) is 0 Å². The van der Waals surface area contributed by atoms with Gasteiger partial charge in [0.05, 0.1) is 16.7 Å². The molecule has 0 aliphatic heterocycles. The Morgan fingerprint density at radius 3 is 1.56 bits per heavy atom. The lowest BCUT2D eigenvalue weighted by atomic mass is 9.88. The summed E-state index contributed by atoms with van der Waals surface area (Å²) in [5, 5.41) is 2.55. The zero-order chi connectivity index (χ0) is 29.9. The summed E-state index contributed by atoms with van der Waals surface area (Å²) in [7, 11) is 0. The van der Waals surface area contributed by atoms with Crippen molar-refractivity contribution in [2.45, 2.75) is 12.8 Å². The Kier molecular flexibility index (Phi) is 5.86. The molecule has 0 amide bonds. The summed E-state index contributed by atoms with van der Waals surface area (Å²) in [5.74, 6) is 0.257. The predicted molar refractivity (Wildman–Crippen MR) is 189 cm³/mol. The lowest BCUT2D eigenvalue weighted by molar-refractivity contribution is 1.02. The van der Waals surface area contributed by atoms with Crippen molar-refractivity contribution in [3.05, 3.63) is 186 Å². The molecule has 0 bridgehead atoms. The van der Waals surface area contributed by atoms with Crippen molar-refractivity contribution in [2.24, 2.45) is 0 Å². The van der Waals surface area contributed by atoms with Gasteiger partial charge in [0.25, 0.3) is 0 Å². The number of para-hydroxylation sites is 2. The minimum absolute atomic E-state index is 0.257. The van der Waals surface area contributed by atoms with E-state index in [1.165, 1.54) is 83.1 Å². The van der Waals surface area contributed by atoms with Crippen LogP contribution in [0.1, 0.15) is 28.2 Å². The van der Waals surface area contributed by atoms with Crippen LogP contribution in [0.4, 0.5) is 0 Å². The Hall–Kier alpha value is -5.66. The Bertz CT molecular complexity index is 2270. The van der Waals surface area contributed by atoms with E-state index in [9.17, 15) is 0 Å². The number of hydrogen-bond acceptors (Lipinski definition) is 0. The van der Waals surface area contributed by atoms with Crippen molar-refractivity contribution in [1.82, 2.24) is 4.57 Å². The van der Waals surface area contributed by atoms with Gasteiger partial charge in [0, 0.05) is 22.3 Å². The molecule has 1 heteroatoms. The van der Waals surface area contributed by atoms with Gasteiger partial charge in [-0.25, -0.2) is 0 Å². The molecule has 9 rings (SSSR count). The maximum absolute atomic E-state index is 2.43. The molecule has 0 atom stereocenters. The van der Waals surface area contributed by atoms with Gasteiger partial charge < -0.3 is 4.57 Å². The molecule has 1 aromatic heterocycles. The van der Waals surface area contributed by atoms with E-state index in [0.29, 0.717) is 0 Å². The highest BCUT2D eigenvalue weighted by atomic mass is 15.0. The highest BCUT2D eigenvalue weighted by Gasteiger charge is 2.29. The summed E-state index contributed by atoms with van der Waals surface area (Å²) >= 11 is 0. The van der Waals surface area contributed by atoms with Gasteiger partial charge in [-0.15, -0.1) is 0 Å². The summed E-state index contributed by atoms with van der Waals surface area (Å²) in [6.07, 6.45) is 0. The zero-order valence-electron chi connectivity index (χ0n) is 25.1. The second-order valence-electron chi connectivity index (χ2n) is 12.2. The SMILES string of the molecule is Cc1ccc(-c2cc(-c3ccc(C4c5ccccc5-c5ccccc54)cc3)ccc2-n2c3ccccc3c3ccccc32)cc1. The second-order valence-corrected chi connectivity index (χ2v) is 12.2. The molecule has 1 aliphatic rings. The molecule has 7 aromatic carbocycles. The first kappa shape index (κ1) is 25.8. The van der Waals surface area contributed by atoms with Crippen molar-refractivity contribution in [3.63, 3.8) is 0 Å². The number of aryl methyl sites for hydroxylation is 1. The Balaban J connectivity index is 1.19. The van der Waals surface area contributed by atoms with Crippen LogP contribution >= 0.6 is 0 Å². The molecule has 8 aromatic rings. The second kappa shape index (κ2) is 10.2. The van der Waals surface area contributed by atoms with Crippen LogP contribution in [-0.2, 0) is 0 Å². The number of fused-ring (bicyclic) bond motifs is 6. The smallest absolute Gasteiger partial charge is 0.0541 e. The molecule has 0 N–H and O–H groups in total. The van der Waals surface area contributed by atoms with Gasteiger partial charge in [-0.3, -0.25) is 0 Å². The van der Waals surface area contributed by atoms with Crippen LogP contribution in [0.3, 0.4) is 0 Å². The molecular formula is C44H31N. The van der Waals surface area contributed by atoms with Crippen LogP contribution in [0.25, 0.3) is 60.9 Å². The Labute approximate surface area is 263 Å². The first-order valence-electron chi connectivity index (χ1n) is 15.7. The van der Waals surface area contributed by atoms with Crippen molar-refractivity contribution in [3.8, 4) is 39.1 Å². The summed E-state index contributed by atoms with van der Waals surface area (Å²) in [4.78, 5) is 0. The molecule has 0 fully saturated rings. The van der Waals surface area contributed by atoms with Crippen LogP contribution in [0, 0.1) is 6.92 Å². The fourth-order valence-electron chi connectivity index (χ4n) is 7.44. The molecule has 0 unspecified atom stereocenters. The average Bonchev–Trinajstić information content (AvgIpc) is 3.62. The van der Waals surface area contributed by atoms with Gasteiger partial charge >= 0.3 is 0 Å². The fourth-order valence-corrected chi connectivity index (χ4v) is 7.44. The quantitative estimate of drug-likeness (QED) is 0.197. The van der Waals surface area contributed by atoms with Crippen molar-refractivity contribution < 1.29 is 0 Å². The van der Waals surface area contributed by atoms with Crippen LogP contribution in [-0.4, -0.2) is 4.57 Å². The third-order valence-corrected chi connectivity index (χ3v) is 9.59. The summed E-state index contributed by atoms with van der Waals surface area (Å²) < 4.78 is 2.43. The number of aromatic nitrogens is 1. The minimum Gasteiger partial charge on any atom is -0.309 e. The molecule has 45 heavy (non-hydrogen) atoms. The standard InChI is InChI=1S/C44H31N/c1-29-18-20-31(21-19-29)40-28-33(26-27-43(40)45-41-16-8-6-12-36(41)37-13-7-9-17-42(37)45)30-22-24-32(25-23-30)44-38-14-4-2-10-34(38)35-11-3-5-15-39(35)44/h2-28,44H,1H3. The van der Waals surface area contributed by atoms with E-state index < -0.39 is 0 Å². The predicted octanol–water partition coefficient (Wildman–Crippen LogP) is 11.6. The molecule has 1 heterocycles. The first-order valence-corrected chi connectivity index (χ1v) is 15.7. The van der Waals surface area contributed by atoms with Crippen LogP contribution in [0.2, 0.25) is 0 Å². The highest BCUT2D eigenvalue weighted by Crippen LogP contribution is 2.48. The van der Waals surface area contributed by atoms with E-state index in [1.54, 1.807) is 0 Å². The third kappa shape index (κ3) is 4.08. The molecule has 1 aliphatic carbocycles. The average molecular weight is 574 g/mol. The molecule has 0 spiro atoms. The van der Waals surface area contributed by atoms with Crippen molar-refractivity contribution in [1.29, 1.82) is 0 Å². The lowest BCUT2D eigenvalue weighted by Gasteiger charge is -2.17. The van der Waals surface area contributed by atoms with Gasteiger partial charge in [0.15, 0.2) is 0 Å². The van der Waals surface area contributed by atoms with Crippen molar-refractivity contribution in [2.75, 3.05) is 0 Å². The number of hydrogen-bond donors (Lipinski definition) is 0. The molecule has 212 valence electrons. The molecule has 0 saturated heterocycles. The zero-order valence-corrected chi connectivity index (χ0v) is 25.1. The molecule has 1 nitrogen and oxygen atoms in total. The van der Waals surface area contributed by atoms with E-state index in [-0.39, 0.29) is 5.92 Å². The van der Waals surface area contributed by atoms with Gasteiger partial charge in [0.1, 0.15) is 0 Å². The van der Waals surface area contributed by atoms with Crippen molar-refractivity contribution >= 4 is 21.8 Å². The van der Waals surface area contributed by atoms with E-state index in [1.807, 2.05) is 0 Å². The largest absolute Gasteiger partial charge is 0.309 e. The minimum atomic E-state index is 0.257. The van der Waals surface area contributed by atoms with E-state index in [4.69, 9.17) is 0 Å². The molecular weight excluding hydrogens is 542 g/mol. The van der Waals surface area contributed by atoms with E-state index in [2.05, 4.69) is 175 Å². The van der Waals surface area contributed by atoms with E-state index >= 15 is 0 Å². The maximum Gasteiger partial charge on any atom is 0.0541 e. The summed E-state index contributed by atoms with van der Waals surface area (Å²) in [5.41, 5.74) is 16.6. The van der Waals surface area contributed by atoms with Crippen LogP contribution in [0.15, 0.2) is 164 Å². The Morgan fingerprint density at radius 1 is 0.422 bits per heavy atom. The monoisotopic (exact) mass is 573 g/mol. The molecule has 0 radical (unpaired) electrons. The summed E-state index contributed by atoms with van der Waals surface area (Å²) in [6.45, 7) is 2.15. The van der Waals surface area contributed by atoms with Crippen LogP contribution < -0.4 is 0 Å². The van der Waals surface area contributed by atoms with Gasteiger partial charge in [-0.1, -0.05) is 145 Å². The maximum atomic E-state index is 2.43. The van der Waals surface area contributed by atoms with Gasteiger partial charge in [-0.05, 0) is 75.7 Å². The molecule has 0 saturated carbocycles. The lowest BCUT2D eigenvalue weighted by Crippen LogP contribution is -1.99. The Morgan fingerprint density at radius 2 is 0.933 bits per heavy atom. The fraction of sp³-hybridized carbons (Fsp3) is 0.0455. The third-order valence-electron chi connectivity index (χ3n) is 9.59. The number of benzene rings is 7. The van der Waals surface area contributed by atoms with Gasteiger partial charge in [0.2, 0.25) is 0 Å². The van der Waals surface area contributed by atoms with E-state index in [0.717, 1.165) is 0 Å². The summed E-state index contributed by atoms with van der Waals surface area (Å²) in [6, 6.07) is 60.3. The first-order chi connectivity index (χ1) is 22.2. The normalized spacial score (nSPS) is 12.5. The number of rotatable bonds is 4. The number of nitrogens with zero attached hydrogens (tertiary/aromatic N) is 1. The van der Waals surface area contributed by atoms with Crippen LogP contribution in [0.5, 0.6) is 0 Å². The topological polar surface area (TPSA) is 4.93 Å². The highest BCUT2D eigenvalue weighted by molar-refractivity contribution is 6.09.